The second kappa shape index (κ2) is 5.56. The molecule has 114 valence electrons. The number of carbonyl (C=O) groups excluding carboxylic acids is 1. The second-order valence-electron chi connectivity index (χ2n) is 6.14. The van der Waals surface area contributed by atoms with Gasteiger partial charge in [-0.1, -0.05) is 40.5 Å². The van der Waals surface area contributed by atoms with Gasteiger partial charge in [0.25, 0.3) is 0 Å². The van der Waals surface area contributed by atoms with Crippen LogP contribution < -0.4 is 5.32 Å². The predicted molar refractivity (Wildman–Crippen MR) is 88.1 cm³/mol. The molecule has 1 amide bonds. The number of rotatable bonds is 2. The van der Waals surface area contributed by atoms with Crippen molar-refractivity contribution in [2.75, 3.05) is 5.32 Å². The Hall–Kier alpha value is -0.580. The number of alkyl halides is 1. The van der Waals surface area contributed by atoms with Crippen LogP contribution in [0.2, 0.25) is 5.02 Å². The number of benzene rings is 1. The first-order valence-electron chi connectivity index (χ1n) is 7.30. The van der Waals surface area contributed by atoms with Crippen molar-refractivity contribution >= 4 is 39.1 Å². The molecule has 1 aromatic rings. The number of halogens is 2. The molecule has 3 nitrogen and oxygen atoms in total. The number of carbonyl (C=O) groups is 1. The highest BCUT2D eigenvalue weighted by Gasteiger charge is 2.42. The fourth-order valence-corrected chi connectivity index (χ4v) is 5.19. The van der Waals surface area contributed by atoms with Gasteiger partial charge in [-0.3, -0.25) is 4.79 Å². The van der Waals surface area contributed by atoms with Crippen LogP contribution in [0.25, 0.3) is 0 Å². The maximum Gasteiger partial charge on any atom is 0.228 e. The van der Waals surface area contributed by atoms with Gasteiger partial charge in [0.1, 0.15) is 0 Å². The normalized spacial score (nSPS) is 32.9. The van der Waals surface area contributed by atoms with E-state index in [1.807, 2.05) is 6.07 Å². The standard InChI is InChI=1S/C16H19BrClNO2/c1-7-8(2)21-9(3)15(7)16(17)11-4-10-5-14(20)19-13(10)6-12(11)18/h4,6-9,15-16H,5H2,1-3H3,(H,19,20). The first-order valence-corrected chi connectivity index (χ1v) is 8.59. The average molecular weight is 373 g/mol. The van der Waals surface area contributed by atoms with E-state index in [1.54, 1.807) is 0 Å². The van der Waals surface area contributed by atoms with E-state index < -0.39 is 0 Å². The zero-order valence-electron chi connectivity index (χ0n) is 12.3. The van der Waals surface area contributed by atoms with E-state index in [4.69, 9.17) is 16.3 Å². The topological polar surface area (TPSA) is 38.3 Å². The van der Waals surface area contributed by atoms with Crippen molar-refractivity contribution in [2.45, 2.75) is 44.2 Å². The SMILES string of the molecule is CC1OC(C)C(C(Br)c2cc3c(cc2Cl)NC(=O)C3)C1C. The summed E-state index contributed by atoms with van der Waals surface area (Å²) in [5.74, 6) is 0.845. The molecule has 1 saturated heterocycles. The Labute approximate surface area is 138 Å². The van der Waals surface area contributed by atoms with Gasteiger partial charge in [0.05, 0.1) is 18.6 Å². The minimum atomic E-state index is 0.0314. The van der Waals surface area contributed by atoms with Crippen LogP contribution in [0.15, 0.2) is 12.1 Å². The molecule has 1 N–H and O–H groups in total. The number of fused-ring (bicyclic) bond motifs is 1. The Morgan fingerprint density at radius 3 is 2.67 bits per heavy atom. The first-order chi connectivity index (χ1) is 9.88. The summed E-state index contributed by atoms with van der Waals surface area (Å²) in [7, 11) is 0. The maximum absolute atomic E-state index is 11.5. The van der Waals surface area contributed by atoms with Crippen LogP contribution in [0.4, 0.5) is 5.69 Å². The van der Waals surface area contributed by atoms with E-state index in [0.717, 1.165) is 16.8 Å². The van der Waals surface area contributed by atoms with E-state index in [1.165, 1.54) is 0 Å². The Morgan fingerprint density at radius 2 is 2.05 bits per heavy atom. The van der Waals surface area contributed by atoms with Crippen molar-refractivity contribution in [3.8, 4) is 0 Å². The molecule has 1 aromatic carbocycles. The lowest BCUT2D eigenvalue weighted by atomic mass is 9.84. The average Bonchev–Trinajstić information content (AvgIpc) is 2.87. The van der Waals surface area contributed by atoms with Gasteiger partial charge < -0.3 is 10.1 Å². The molecule has 0 aromatic heterocycles. The van der Waals surface area contributed by atoms with E-state index in [2.05, 4.69) is 48.1 Å². The monoisotopic (exact) mass is 371 g/mol. The summed E-state index contributed by atoms with van der Waals surface area (Å²) in [6.45, 7) is 6.46. The minimum Gasteiger partial charge on any atom is -0.375 e. The summed E-state index contributed by atoms with van der Waals surface area (Å²) in [5.41, 5.74) is 2.91. The van der Waals surface area contributed by atoms with Crippen molar-refractivity contribution in [2.24, 2.45) is 11.8 Å². The maximum atomic E-state index is 11.5. The quantitative estimate of drug-likeness (QED) is 0.785. The highest BCUT2D eigenvalue weighted by atomic mass is 79.9. The third-order valence-electron chi connectivity index (χ3n) is 4.80. The van der Waals surface area contributed by atoms with Gasteiger partial charge in [-0.15, -0.1) is 0 Å². The second-order valence-corrected chi connectivity index (χ2v) is 7.53. The van der Waals surface area contributed by atoms with Gasteiger partial charge in [0, 0.05) is 21.5 Å². The summed E-state index contributed by atoms with van der Waals surface area (Å²) in [6, 6.07) is 3.91. The molecular weight excluding hydrogens is 354 g/mol. The lowest BCUT2D eigenvalue weighted by molar-refractivity contribution is -0.115. The molecule has 5 heteroatoms. The van der Waals surface area contributed by atoms with Crippen LogP contribution >= 0.6 is 27.5 Å². The lowest BCUT2D eigenvalue weighted by Crippen LogP contribution is -2.22. The Bertz CT molecular complexity index is 592. The van der Waals surface area contributed by atoms with Gasteiger partial charge >= 0.3 is 0 Å². The summed E-state index contributed by atoms with van der Waals surface area (Å²) in [5, 5.41) is 3.53. The number of hydrogen-bond acceptors (Lipinski definition) is 2. The number of ether oxygens (including phenoxy) is 1. The smallest absolute Gasteiger partial charge is 0.228 e. The highest BCUT2D eigenvalue weighted by Crippen LogP contribution is 2.47. The van der Waals surface area contributed by atoms with Gasteiger partial charge in [0.15, 0.2) is 0 Å². The molecule has 1 fully saturated rings. The van der Waals surface area contributed by atoms with Crippen molar-refractivity contribution < 1.29 is 9.53 Å². The molecule has 21 heavy (non-hydrogen) atoms. The minimum absolute atomic E-state index is 0.0314. The summed E-state index contributed by atoms with van der Waals surface area (Å²) in [4.78, 5) is 11.6. The third kappa shape index (κ3) is 2.62. The molecule has 5 atom stereocenters. The molecule has 0 radical (unpaired) electrons. The number of nitrogens with one attached hydrogen (secondary N) is 1. The molecule has 0 spiro atoms. The van der Waals surface area contributed by atoms with Crippen LogP contribution in [-0.4, -0.2) is 18.1 Å². The molecule has 0 aliphatic carbocycles. The number of amides is 1. The van der Waals surface area contributed by atoms with Gasteiger partial charge in [0.2, 0.25) is 5.91 Å². The van der Waals surface area contributed by atoms with Crippen molar-refractivity contribution in [1.29, 1.82) is 0 Å². The van der Waals surface area contributed by atoms with Gasteiger partial charge in [-0.25, -0.2) is 0 Å². The molecule has 2 aliphatic rings. The highest BCUT2D eigenvalue weighted by molar-refractivity contribution is 9.09. The zero-order chi connectivity index (χ0) is 15.3. The van der Waals surface area contributed by atoms with E-state index in [0.29, 0.717) is 23.3 Å². The van der Waals surface area contributed by atoms with Crippen molar-refractivity contribution in [1.82, 2.24) is 0 Å². The molecule has 0 saturated carbocycles. The van der Waals surface area contributed by atoms with E-state index in [9.17, 15) is 4.79 Å². The van der Waals surface area contributed by atoms with Crippen molar-refractivity contribution in [3.63, 3.8) is 0 Å². The third-order valence-corrected chi connectivity index (χ3v) is 6.23. The predicted octanol–water partition coefficient (Wildman–Crippen LogP) is 4.33. The van der Waals surface area contributed by atoms with E-state index >= 15 is 0 Å². The van der Waals surface area contributed by atoms with Crippen LogP contribution in [-0.2, 0) is 16.0 Å². The summed E-state index contributed by atoms with van der Waals surface area (Å²) >= 11 is 10.3. The fourth-order valence-electron chi connectivity index (χ4n) is 3.48. The summed E-state index contributed by atoms with van der Waals surface area (Å²) < 4.78 is 5.94. The van der Waals surface area contributed by atoms with Crippen LogP contribution in [0.3, 0.4) is 0 Å². The number of hydrogen-bond donors (Lipinski definition) is 1. The molecule has 2 heterocycles. The zero-order valence-corrected chi connectivity index (χ0v) is 14.7. The van der Waals surface area contributed by atoms with Crippen LogP contribution in [0, 0.1) is 11.8 Å². The Kier molecular flexibility index (Phi) is 4.06. The summed E-state index contributed by atoms with van der Waals surface area (Å²) in [6.07, 6.45) is 0.868. The molecular formula is C16H19BrClNO2. The lowest BCUT2D eigenvalue weighted by Gasteiger charge is -2.26. The molecule has 0 bridgehead atoms. The van der Waals surface area contributed by atoms with Crippen LogP contribution in [0.1, 0.15) is 36.7 Å². The van der Waals surface area contributed by atoms with Gasteiger partial charge in [-0.05, 0) is 37.0 Å². The largest absolute Gasteiger partial charge is 0.375 e. The van der Waals surface area contributed by atoms with Gasteiger partial charge in [-0.2, -0.15) is 0 Å². The Morgan fingerprint density at radius 1 is 1.33 bits per heavy atom. The van der Waals surface area contributed by atoms with E-state index in [-0.39, 0.29) is 22.9 Å². The fraction of sp³-hybridized carbons (Fsp3) is 0.562. The Balaban J connectivity index is 1.94. The van der Waals surface area contributed by atoms with Crippen LogP contribution in [0.5, 0.6) is 0 Å². The first kappa shape index (κ1) is 15.3. The molecule has 2 aliphatic heterocycles. The molecule has 3 rings (SSSR count). The molecule has 5 unspecified atom stereocenters. The van der Waals surface area contributed by atoms with Crippen molar-refractivity contribution in [3.05, 3.63) is 28.3 Å². The number of anilines is 1.